The first-order valence-corrected chi connectivity index (χ1v) is 6.68. The van der Waals surface area contributed by atoms with Crippen molar-refractivity contribution >= 4 is 5.82 Å². The van der Waals surface area contributed by atoms with Crippen LogP contribution < -0.4 is 5.32 Å². The van der Waals surface area contributed by atoms with E-state index >= 15 is 0 Å². The Balaban J connectivity index is 1.69. The average Bonchev–Trinajstić information content (AvgIpc) is 2.62. The summed E-state index contributed by atoms with van der Waals surface area (Å²) in [7, 11) is 1.84. The van der Waals surface area contributed by atoms with E-state index in [0.717, 1.165) is 30.9 Å². The van der Waals surface area contributed by atoms with Gasteiger partial charge in [0.1, 0.15) is 5.82 Å². The standard InChI is InChI=1S/C13H20N4O/c1-14-13-7-15-9(6-16-13)8-17-10-2-3-11(17)5-12(18)4-10/h6-7,10-12,18H,2-5,8H2,1H3,(H,14,16). The van der Waals surface area contributed by atoms with Crippen molar-refractivity contribution < 1.29 is 5.11 Å². The summed E-state index contributed by atoms with van der Waals surface area (Å²) in [5.74, 6) is 0.802. The zero-order valence-electron chi connectivity index (χ0n) is 10.7. The molecule has 5 nitrogen and oxygen atoms in total. The van der Waals surface area contributed by atoms with Gasteiger partial charge in [0, 0.05) is 25.7 Å². The van der Waals surface area contributed by atoms with Crippen LogP contribution in [-0.2, 0) is 6.54 Å². The van der Waals surface area contributed by atoms with Crippen LogP contribution in [0.1, 0.15) is 31.4 Å². The van der Waals surface area contributed by atoms with Gasteiger partial charge in [0.25, 0.3) is 0 Å². The van der Waals surface area contributed by atoms with Gasteiger partial charge in [-0.2, -0.15) is 0 Å². The van der Waals surface area contributed by atoms with Crippen LogP contribution in [0.4, 0.5) is 5.82 Å². The van der Waals surface area contributed by atoms with Crippen LogP contribution in [0, 0.1) is 0 Å². The first-order valence-electron chi connectivity index (χ1n) is 6.68. The number of hydrogen-bond acceptors (Lipinski definition) is 5. The lowest BCUT2D eigenvalue weighted by molar-refractivity contribution is 0.0303. The van der Waals surface area contributed by atoms with E-state index in [2.05, 4.69) is 20.2 Å². The van der Waals surface area contributed by atoms with Crippen molar-refractivity contribution in [2.75, 3.05) is 12.4 Å². The quantitative estimate of drug-likeness (QED) is 0.836. The summed E-state index contributed by atoms with van der Waals surface area (Å²) < 4.78 is 0. The minimum Gasteiger partial charge on any atom is -0.393 e. The molecule has 3 heterocycles. The van der Waals surface area contributed by atoms with Gasteiger partial charge in [-0.15, -0.1) is 0 Å². The maximum atomic E-state index is 9.78. The fourth-order valence-electron chi connectivity index (χ4n) is 3.26. The SMILES string of the molecule is CNc1cnc(CN2C3CCC2CC(O)C3)cn1. The van der Waals surface area contributed by atoms with Gasteiger partial charge in [0.2, 0.25) is 0 Å². The Morgan fingerprint density at radius 2 is 2.00 bits per heavy atom. The average molecular weight is 248 g/mol. The number of piperidine rings is 1. The van der Waals surface area contributed by atoms with Crippen molar-refractivity contribution in [3.63, 3.8) is 0 Å². The molecule has 2 aliphatic heterocycles. The fraction of sp³-hybridized carbons (Fsp3) is 0.692. The third-order valence-corrected chi connectivity index (χ3v) is 4.17. The molecule has 0 saturated carbocycles. The van der Waals surface area contributed by atoms with Crippen molar-refractivity contribution in [3.8, 4) is 0 Å². The van der Waals surface area contributed by atoms with Gasteiger partial charge >= 0.3 is 0 Å². The second-order valence-corrected chi connectivity index (χ2v) is 5.33. The monoisotopic (exact) mass is 248 g/mol. The molecule has 2 N–H and O–H groups in total. The molecule has 1 aromatic heterocycles. The molecule has 0 radical (unpaired) electrons. The van der Waals surface area contributed by atoms with Crippen molar-refractivity contribution in [3.05, 3.63) is 18.1 Å². The van der Waals surface area contributed by atoms with Crippen LogP contribution in [0.15, 0.2) is 12.4 Å². The molecule has 98 valence electrons. The molecular formula is C13H20N4O. The number of nitrogens with one attached hydrogen (secondary N) is 1. The number of nitrogens with zero attached hydrogens (tertiary/aromatic N) is 3. The molecule has 18 heavy (non-hydrogen) atoms. The zero-order valence-corrected chi connectivity index (χ0v) is 10.7. The summed E-state index contributed by atoms with van der Waals surface area (Å²) in [6, 6.07) is 1.06. The van der Waals surface area contributed by atoms with Crippen molar-refractivity contribution in [2.24, 2.45) is 0 Å². The first-order chi connectivity index (χ1) is 8.76. The van der Waals surface area contributed by atoms with E-state index in [-0.39, 0.29) is 6.10 Å². The van der Waals surface area contributed by atoms with Gasteiger partial charge in [-0.3, -0.25) is 9.88 Å². The minimum absolute atomic E-state index is 0.100. The van der Waals surface area contributed by atoms with E-state index in [4.69, 9.17) is 0 Å². The van der Waals surface area contributed by atoms with Crippen LogP contribution in [-0.4, -0.2) is 45.2 Å². The number of anilines is 1. The minimum atomic E-state index is -0.100. The molecule has 2 unspecified atom stereocenters. The molecule has 2 bridgehead atoms. The van der Waals surface area contributed by atoms with Crippen LogP contribution in [0.3, 0.4) is 0 Å². The van der Waals surface area contributed by atoms with Crippen molar-refractivity contribution in [1.29, 1.82) is 0 Å². The summed E-state index contributed by atoms with van der Waals surface area (Å²) >= 11 is 0. The summed E-state index contributed by atoms with van der Waals surface area (Å²) in [5.41, 5.74) is 1.02. The van der Waals surface area contributed by atoms with E-state index < -0.39 is 0 Å². The van der Waals surface area contributed by atoms with Gasteiger partial charge in [-0.1, -0.05) is 0 Å². The summed E-state index contributed by atoms with van der Waals surface area (Å²) in [5, 5.41) is 12.8. The summed E-state index contributed by atoms with van der Waals surface area (Å²) in [6.45, 7) is 0.860. The molecular weight excluding hydrogens is 228 g/mol. The highest BCUT2D eigenvalue weighted by molar-refractivity contribution is 5.29. The molecule has 2 atom stereocenters. The normalized spacial score (nSPS) is 31.6. The Hall–Kier alpha value is -1.20. The largest absolute Gasteiger partial charge is 0.393 e. The number of fused-ring (bicyclic) bond motifs is 2. The van der Waals surface area contributed by atoms with E-state index in [0.29, 0.717) is 12.1 Å². The first kappa shape index (κ1) is 11.9. The Morgan fingerprint density at radius 3 is 2.56 bits per heavy atom. The number of aliphatic hydroxyl groups excluding tert-OH is 1. The van der Waals surface area contributed by atoms with Crippen LogP contribution in [0.5, 0.6) is 0 Å². The predicted octanol–water partition coefficient (Wildman–Crippen LogP) is 1.01. The van der Waals surface area contributed by atoms with E-state index in [1.807, 2.05) is 13.2 Å². The number of rotatable bonds is 3. The Bertz CT molecular complexity index is 394. The predicted molar refractivity (Wildman–Crippen MR) is 69.2 cm³/mol. The maximum Gasteiger partial charge on any atom is 0.144 e. The van der Waals surface area contributed by atoms with Crippen LogP contribution in [0.2, 0.25) is 0 Å². The smallest absolute Gasteiger partial charge is 0.144 e. The lowest BCUT2D eigenvalue weighted by Gasteiger charge is -2.36. The van der Waals surface area contributed by atoms with Crippen LogP contribution in [0.25, 0.3) is 0 Å². The molecule has 1 aromatic rings. The van der Waals surface area contributed by atoms with E-state index in [9.17, 15) is 5.11 Å². The van der Waals surface area contributed by atoms with Gasteiger partial charge in [-0.25, -0.2) is 4.98 Å². The number of aliphatic hydroxyl groups is 1. The van der Waals surface area contributed by atoms with Crippen LogP contribution >= 0.6 is 0 Å². The fourth-order valence-corrected chi connectivity index (χ4v) is 3.26. The number of hydrogen-bond donors (Lipinski definition) is 2. The second-order valence-electron chi connectivity index (χ2n) is 5.33. The second kappa shape index (κ2) is 4.82. The highest BCUT2D eigenvalue weighted by Gasteiger charge is 2.40. The molecule has 0 amide bonds. The Kier molecular flexibility index (Phi) is 3.18. The molecule has 3 rings (SSSR count). The molecule has 0 spiro atoms. The Labute approximate surface area is 107 Å². The zero-order chi connectivity index (χ0) is 12.5. The highest BCUT2D eigenvalue weighted by atomic mass is 16.3. The van der Waals surface area contributed by atoms with Gasteiger partial charge in [-0.05, 0) is 25.7 Å². The van der Waals surface area contributed by atoms with Gasteiger partial charge in [0.05, 0.1) is 24.2 Å². The molecule has 2 fully saturated rings. The van der Waals surface area contributed by atoms with Gasteiger partial charge in [0.15, 0.2) is 0 Å². The molecule has 0 aromatic carbocycles. The van der Waals surface area contributed by atoms with E-state index in [1.165, 1.54) is 12.8 Å². The molecule has 5 heteroatoms. The molecule has 2 saturated heterocycles. The number of aromatic nitrogens is 2. The summed E-state index contributed by atoms with van der Waals surface area (Å²) in [4.78, 5) is 11.2. The summed E-state index contributed by atoms with van der Waals surface area (Å²) in [6.07, 6.45) is 7.77. The molecule has 0 aliphatic carbocycles. The lowest BCUT2D eigenvalue weighted by Crippen LogP contribution is -2.44. The van der Waals surface area contributed by atoms with Gasteiger partial charge < -0.3 is 10.4 Å². The molecule has 2 aliphatic rings. The topological polar surface area (TPSA) is 61.3 Å². The van der Waals surface area contributed by atoms with Crippen molar-refractivity contribution in [2.45, 2.75) is 50.4 Å². The third kappa shape index (κ3) is 2.20. The lowest BCUT2D eigenvalue weighted by atomic mass is 10.00. The third-order valence-electron chi connectivity index (χ3n) is 4.17. The maximum absolute atomic E-state index is 9.78. The van der Waals surface area contributed by atoms with E-state index in [1.54, 1.807) is 6.20 Å². The highest BCUT2D eigenvalue weighted by Crippen LogP contribution is 2.36. The van der Waals surface area contributed by atoms with Crippen molar-refractivity contribution in [1.82, 2.24) is 14.9 Å². The Morgan fingerprint density at radius 1 is 1.28 bits per heavy atom.